The highest BCUT2D eigenvalue weighted by Crippen LogP contribution is 2.36. The highest BCUT2D eigenvalue weighted by atomic mass is 19.1. The summed E-state index contributed by atoms with van der Waals surface area (Å²) < 4.78 is 55.6. The van der Waals surface area contributed by atoms with Gasteiger partial charge in [0.05, 0.1) is 6.04 Å². The van der Waals surface area contributed by atoms with Gasteiger partial charge in [0.1, 0.15) is 40.9 Å². The number of fused-ring (bicyclic) bond motifs is 1. The number of anilines is 1. The molecule has 10 heteroatoms. The number of hydrogen-bond acceptors (Lipinski definition) is 4. The molecule has 1 aliphatic heterocycles. The Morgan fingerprint density at radius 2 is 1.65 bits per heavy atom. The Morgan fingerprint density at radius 1 is 0.971 bits per heavy atom. The summed E-state index contributed by atoms with van der Waals surface area (Å²) in [5, 5.41) is 2.60. The fourth-order valence-electron chi connectivity index (χ4n) is 4.32. The molecule has 0 bridgehead atoms. The van der Waals surface area contributed by atoms with Gasteiger partial charge < -0.3 is 10.2 Å². The molecule has 0 aliphatic carbocycles. The average molecular weight is 469 g/mol. The Labute approximate surface area is 191 Å². The van der Waals surface area contributed by atoms with Gasteiger partial charge >= 0.3 is 6.03 Å². The van der Waals surface area contributed by atoms with Crippen molar-refractivity contribution in [3.8, 4) is 0 Å². The molecule has 5 rings (SSSR count). The van der Waals surface area contributed by atoms with E-state index in [-0.39, 0.29) is 23.8 Å². The zero-order valence-corrected chi connectivity index (χ0v) is 17.8. The van der Waals surface area contributed by atoms with Gasteiger partial charge in [-0.3, -0.25) is 0 Å². The summed E-state index contributed by atoms with van der Waals surface area (Å²) in [6, 6.07) is 9.13. The van der Waals surface area contributed by atoms with E-state index in [1.807, 2.05) is 4.90 Å². The average Bonchev–Trinajstić information content (AvgIpc) is 3.43. The maximum atomic E-state index is 13.8. The molecule has 4 aromatic rings. The van der Waals surface area contributed by atoms with Crippen molar-refractivity contribution in [2.75, 3.05) is 11.4 Å². The maximum Gasteiger partial charge on any atom is 0.328 e. The van der Waals surface area contributed by atoms with Gasteiger partial charge in [0.2, 0.25) is 0 Å². The molecule has 1 amide bonds. The van der Waals surface area contributed by atoms with Crippen LogP contribution < -0.4 is 10.2 Å². The lowest BCUT2D eigenvalue weighted by Crippen LogP contribution is -2.28. The minimum absolute atomic E-state index is 0.0911. The second-order valence-corrected chi connectivity index (χ2v) is 8.12. The highest BCUT2D eigenvalue weighted by Gasteiger charge is 2.28. The van der Waals surface area contributed by atoms with Crippen LogP contribution >= 0.6 is 0 Å². The molecule has 174 valence electrons. The van der Waals surface area contributed by atoms with Crippen molar-refractivity contribution < 1.29 is 22.4 Å². The number of carbonyl (C=O) groups excluding carboxylic acids is 1. The second-order valence-electron chi connectivity index (χ2n) is 8.12. The summed E-state index contributed by atoms with van der Waals surface area (Å²) in [6.45, 7) is 0.541. The van der Waals surface area contributed by atoms with Gasteiger partial charge in [0.25, 0.3) is 0 Å². The molecule has 2 aromatic heterocycles. The van der Waals surface area contributed by atoms with E-state index in [0.717, 1.165) is 30.7 Å². The van der Waals surface area contributed by atoms with E-state index < -0.39 is 29.3 Å². The summed E-state index contributed by atoms with van der Waals surface area (Å²) in [6.07, 6.45) is 2.82. The number of carbonyl (C=O) groups is 1. The third kappa shape index (κ3) is 4.30. The van der Waals surface area contributed by atoms with Gasteiger partial charge in [-0.2, -0.15) is 0 Å². The highest BCUT2D eigenvalue weighted by molar-refractivity contribution is 5.87. The van der Waals surface area contributed by atoms with Gasteiger partial charge in [0.15, 0.2) is 5.65 Å². The molecule has 6 nitrogen and oxygen atoms in total. The number of rotatable bonds is 4. The van der Waals surface area contributed by atoms with Crippen LogP contribution in [0.1, 0.15) is 30.0 Å². The van der Waals surface area contributed by atoms with Gasteiger partial charge in [-0.25, -0.2) is 36.9 Å². The van der Waals surface area contributed by atoms with Crippen LogP contribution in [0.15, 0.2) is 54.9 Å². The summed E-state index contributed by atoms with van der Waals surface area (Å²) in [5.74, 6) is -2.21. The van der Waals surface area contributed by atoms with Crippen molar-refractivity contribution in [2.24, 2.45) is 0 Å². The molecule has 0 spiro atoms. The number of imidazole rings is 1. The molecule has 3 heterocycles. The fraction of sp³-hybridized carbons (Fsp3) is 0.208. The number of nitrogens with one attached hydrogen (secondary N) is 1. The molecule has 34 heavy (non-hydrogen) atoms. The summed E-state index contributed by atoms with van der Waals surface area (Å²) in [5.41, 5.74) is 1.55. The van der Waals surface area contributed by atoms with Crippen LogP contribution in [0, 0.1) is 23.3 Å². The predicted molar refractivity (Wildman–Crippen MR) is 117 cm³/mol. The summed E-state index contributed by atoms with van der Waals surface area (Å²) >= 11 is 0. The van der Waals surface area contributed by atoms with Gasteiger partial charge in [-0.1, -0.05) is 0 Å². The molecule has 1 unspecified atom stereocenters. The first-order valence-electron chi connectivity index (χ1n) is 10.7. The normalized spacial score (nSPS) is 15.8. The Kier molecular flexibility index (Phi) is 5.64. The summed E-state index contributed by atoms with van der Waals surface area (Å²) in [4.78, 5) is 23.5. The Bertz CT molecular complexity index is 1350. The zero-order chi connectivity index (χ0) is 23.8. The molecule has 1 fully saturated rings. The molecular formula is C24H19F4N5O. The van der Waals surface area contributed by atoms with Crippen LogP contribution in [0.4, 0.5) is 28.2 Å². The van der Waals surface area contributed by atoms with E-state index in [9.17, 15) is 22.4 Å². The minimum atomic E-state index is -0.734. The Morgan fingerprint density at radius 3 is 2.35 bits per heavy atom. The molecule has 1 aliphatic rings. The molecule has 1 saturated heterocycles. The lowest BCUT2D eigenvalue weighted by Gasteiger charge is -2.26. The van der Waals surface area contributed by atoms with Gasteiger partial charge in [-0.15, -0.1) is 0 Å². The van der Waals surface area contributed by atoms with E-state index in [1.54, 1.807) is 12.1 Å². The predicted octanol–water partition coefficient (Wildman–Crippen LogP) is 5.09. The van der Waals surface area contributed by atoms with Crippen molar-refractivity contribution in [3.63, 3.8) is 0 Å². The van der Waals surface area contributed by atoms with Crippen LogP contribution in [0.3, 0.4) is 0 Å². The van der Waals surface area contributed by atoms with Crippen molar-refractivity contribution in [1.82, 2.24) is 19.9 Å². The largest absolute Gasteiger partial charge is 0.349 e. The van der Waals surface area contributed by atoms with Crippen molar-refractivity contribution in [1.29, 1.82) is 0 Å². The van der Waals surface area contributed by atoms with Crippen LogP contribution in [-0.4, -0.2) is 27.1 Å². The van der Waals surface area contributed by atoms with Gasteiger partial charge in [-0.05, 0) is 60.4 Å². The standard InChI is InChI=1S/C24H19F4N5O/c25-16-6-14(7-17(26)10-16)12-29-24(34)33-13-30-20-3-4-22(31-23(20)33)32-5-1-2-21(32)15-8-18(27)11-19(28)9-15/h3-4,6-11,13,21H,1-2,5,12H2,(H,29,34). The topological polar surface area (TPSA) is 63.1 Å². The van der Waals surface area contributed by atoms with Crippen molar-refractivity contribution in [2.45, 2.75) is 25.4 Å². The van der Waals surface area contributed by atoms with Crippen LogP contribution in [-0.2, 0) is 6.54 Å². The van der Waals surface area contributed by atoms with Crippen LogP contribution in [0.2, 0.25) is 0 Å². The molecule has 1 N–H and O–H groups in total. The number of amides is 1. The molecular weight excluding hydrogens is 450 g/mol. The fourth-order valence-corrected chi connectivity index (χ4v) is 4.32. The first-order valence-corrected chi connectivity index (χ1v) is 10.7. The van der Waals surface area contributed by atoms with Gasteiger partial charge in [0, 0.05) is 25.2 Å². The Hall–Kier alpha value is -3.95. The monoisotopic (exact) mass is 469 g/mol. The lowest BCUT2D eigenvalue weighted by atomic mass is 10.0. The van der Waals surface area contributed by atoms with Crippen molar-refractivity contribution >= 4 is 23.0 Å². The SMILES string of the molecule is O=C(NCc1cc(F)cc(F)c1)n1cnc2ccc(N3CCCC3c3cc(F)cc(F)c3)nc21. The van der Waals surface area contributed by atoms with E-state index in [0.29, 0.717) is 29.9 Å². The van der Waals surface area contributed by atoms with Crippen LogP contribution in [0.25, 0.3) is 11.2 Å². The lowest BCUT2D eigenvalue weighted by molar-refractivity contribution is 0.242. The number of hydrogen-bond donors (Lipinski definition) is 1. The van der Waals surface area contributed by atoms with E-state index in [2.05, 4.69) is 15.3 Å². The first-order chi connectivity index (χ1) is 16.4. The molecule has 2 aromatic carbocycles. The number of pyridine rings is 1. The van der Waals surface area contributed by atoms with E-state index in [1.165, 1.54) is 23.0 Å². The second kappa shape index (κ2) is 8.77. The van der Waals surface area contributed by atoms with E-state index >= 15 is 0 Å². The maximum absolute atomic E-state index is 13.8. The number of benzene rings is 2. The van der Waals surface area contributed by atoms with E-state index in [4.69, 9.17) is 0 Å². The quantitative estimate of drug-likeness (QED) is 0.423. The minimum Gasteiger partial charge on any atom is -0.349 e. The third-order valence-electron chi connectivity index (χ3n) is 5.78. The number of aromatic nitrogens is 3. The summed E-state index contributed by atoms with van der Waals surface area (Å²) in [7, 11) is 0. The smallest absolute Gasteiger partial charge is 0.328 e. The molecule has 1 atom stereocenters. The number of nitrogens with zero attached hydrogens (tertiary/aromatic N) is 4. The number of halogens is 4. The van der Waals surface area contributed by atoms with Crippen molar-refractivity contribution in [3.05, 3.63) is 89.3 Å². The molecule has 0 radical (unpaired) electrons. The first kappa shape index (κ1) is 21.9. The van der Waals surface area contributed by atoms with Crippen LogP contribution in [0.5, 0.6) is 0 Å². The Balaban J connectivity index is 1.40. The zero-order valence-electron chi connectivity index (χ0n) is 17.8. The molecule has 0 saturated carbocycles. The third-order valence-corrected chi connectivity index (χ3v) is 5.78.